The second-order valence-electron chi connectivity index (χ2n) is 5.95. The van der Waals surface area contributed by atoms with Crippen LogP contribution in [0, 0.1) is 11.7 Å². The summed E-state index contributed by atoms with van der Waals surface area (Å²) in [7, 11) is 0. The molecule has 1 rings (SSSR count). The number of carbonyl (C=O) groups excluding carboxylic acids is 2. The summed E-state index contributed by atoms with van der Waals surface area (Å²) in [5.41, 5.74) is 0.749. The summed E-state index contributed by atoms with van der Waals surface area (Å²) in [5.74, 6) is -0.318. The third kappa shape index (κ3) is 7.90. The zero-order chi connectivity index (χ0) is 17.9. The van der Waals surface area contributed by atoms with Gasteiger partial charge in [-0.2, -0.15) is 0 Å². The molecule has 4 nitrogen and oxygen atoms in total. The normalized spacial score (nSPS) is 11.0. The number of carbonyl (C=O) groups is 2. The van der Waals surface area contributed by atoms with Gasteiger partial charge in [-0.25, -0.2) is 4.39 Å². The molecule has 0 saturated heterocycles. The summed E-state index contributed by atoms with van der Waals surface area (Å²) < 4.78 is 17.8. The molecule has 0 aliphatic rings. The highest BCUT2D eigenvalue weighted by Crippen LogP contribution is 2.08. The van der Waals surface area contributed by atoms with E-state index in [1.807, 2.05) is 0 Å². The van der Waals surface area contributed by atoms with Crippen molar-refractivity contribution in [2.24, 2.45) is 5.92 Å². The maximum absolute atomic E-state index is 12.9. The molecule has 0 aromatic heterocycles. The first kappa shape index (κ1) is 19.9. The summed E-state index contributed by atoms with van der Waals surface area (Å²) in [4.78, 5) is 25.5. The van der Waals surface area contributed by atoms with Crippen LogP contribution in [-0.4, -0.2) is 36.5 Å². The molecule has 0 unspecified atom stereocenters. The summed E-state index contributed by atoms with van der Waals surface area (Å²) in [6.07, 6.45) is 4.15. The van der Waals surface area contributed by atoms with Crippen LogP contribution in [0.5, 0.6) is 0 Å². The molecule has 5 heteroatoms. The van der Waals surface area contributed by atoms with Crippen LogP contribution < -0.4 is 0 Å². The lowest BCUT2D eigenvalue weighted by Gasteiger charge is -2.22. The maximum Gasteiger partial charge on any atom is 0.307 e. The first-order chi connectivity index (χ1) is 11.4. The molecule has 1 aromatic rings. The molecule has 1 amide bonds. The molecule has 0 heterocycles. The zero-order valence-electron chi connectivity index (χ0n) is 14.6. The van der Waals surface area contributed by atoms with Crippen molar-refractivity contribution >= 4 is 18.0 Å². The lowest BCUT2D eigenvalue weighted by atomic mass is 10.1. The van der Waals surface area contributed by atoms with E-state index in [1.165, 1.54) is 18.2 Å². The maximum atomic E-state index is 12.9. The van der Waals surface area contributed by atoms with Crippen molar-refractivity contribution in [1.82, 2.24) is 4.90 Å². The molecule has 0 atom stereocenters. The van der Waals surface area contributed by atoms with Gasteiger partial charge in [-0.1, -0.05) is 26.0 Å². The fourth-order valence-corrected chi connectivity index (χ4v) is 2.05. The number of amides is 1. The smallest absolute Gasteiger partial charge is 0.307 e. The molecule has 1 aromatic carbocycles. The Kier molecular flexibility index (Phi) is 8.76. The third-order valence-corrected chi connectivity index (χ3v) is 3.47. The fourth-order valence-electron chi connectivity index (χ4n) is 2.05. The highest BCUT2D eigenvalue weighted by Gasteiger charge is 2.13. The van der Waals surface area contributed by atoms with Gasteiger partial charge in [-0.05, 0) is 43.0 Å². The van der Waals surface area contributed by atoms with Gasteiger partial charge in [0, 0.05) is 19.2 Å². The predicted molar refractivity (Wildman–Crippen MR) is 92.7 cm³/mol. The van der Waals surface area contributed by atoms with Gasteiger partial charge in [0.15, 0.2) is 0 Å². The fraction of sp³-hybridized carbons (Fsp3) is 0.474. The molecule has 0 fully saturated rings. The Hall–Kier alpha value is -2.17. The molecule has 0 spiro atoms. The van der Waals surface area contributed by atoms with E-state index < -0.39 is 0 Å². The molecular formula is C19H26FNO3. The molecule has 0 saturated carbocycles. The van der Waals surface area contributed by atoms with Crippen LogP contribution in [0.4, 0.5) is 4.39 Å². The van der Waals surface area contributed by atoms with Crippen LogP contribution in [0.15, 0.2) is 30.3 Å². The summed E-state index contributed by atoms with van der Waals surface area (Å²) >= 11 is 0. The Balaban J connectivity index is 2.67. The van der Waals surface area contributed by atoms with E-state index >= 15 is 0 Å². The number of benzene rings is 1. The van der Waals surface area contributed by atoms with E-state index in [9.17, 15) is 14.0 Å². The lowest BCUT2D eigenvalue weighted by molar-refractivity contribution is -0.143. The van der Waals surface area contributed by atoms with Crippen molar-refractivity contribution in [2.75, 3.05) is 19.7 Å². The Morgan fingerprint density at radius 3 is 2.46 bits per heavy atom. The largest absolute Gasteiger partial charge is 0.466 e. The second kappa shape index (κ2) is 10.6. The Morgan fingerprint density at radius 2 is 1.88 bits per heavy atom. The van der Waals surface area contributed by atoms with Crippen molar-refractivity contribution in [1.29, 1.82) is 0 Å². The van der Waals surface area contributed by atoms with Crippen LogP contribution in [0.1, 0.15) is 39.2 Å². The van der Waals surface area contributed by atoms with Gasteiger partial charge < -0.3 is 9.64 Å². The average Bonchev–Trinajstić information content (AvgIpc) is 2.54. The predicted octanol–water partition coefficient (Wildman–Crippen LogP) is 3.67. The minimum absolute atomic E-state index is 0.163. The minimum Gasteiger partial charge on any atom is -0.466 e. The monoisotopic (exact) mass is 335 g/mol. The molecule has 0 aliphatic heterocycles. The van der Waals surface area contributed by atoms with Gasteiger partial charge in [0.05, 0.1) is 13.0 Å². The standard InChI is InChI=1S/C19H26FNO3/c1-4-24-19(23)12-14-21(13-11-15(2)3)18(22)10-7-16-5-8-17(20)9-6-16/h5-10,15H,4,11-14H2,1-3H3/b10-7+. The number of ether oxygens (including phenoxy) is 1. The summed E-state index contributed by atoms with van der Waals surface area (Å²) in [6.45, 7) is 7.18. The van der Waals surface area contributed by atoms with Crippen molar-refractivity contribution in [3.8, 4) is 0 Å². The number of esters is 1. The van der Waals surface area contributed by atoms with Gasteiger partial charge in [-0.15, -0.1) is 0 Å². The highest BCUT2D eigenvalue weighted by atomic mass is 19.1. The lowest BCUT2D eigenvalue weighted by Crippen LogP contribution is -2.33. The number of nitrogens with zero attached hydrogens (tertiary/aromatic N) is 1. The number of rotatable bonds is 9. The first-order valence-corrected chi connectivity index (χ1v) is 8.30. The molecule has 132 valence electrons. The van der Waals surface area contributed by atoms with E-state index in [-0.39, 0.29) is 24.1 Å². The van der Waals surface area contributed by atoms with Gasteiger partial charge in [-0.3, -0.25) is 9.59 Å². The van der Waals surface area contributed by atoms with Crippen molar-refractivity contribution in [3.05, 3.63) is 41.7 Å². The van der Waals surface area contributed by atoms with Crippen molar-refractivity contribution in [2.45, 2.75) is 33.6 Å². The Morgan fingerprint density at radius 1 is 1.21 bits per heavy atom. The third-order valence-electron chi connectivity index (χ3n) is 3.47. The Bertz CT molecular complexity index is 552. The minimum atomic E-state index is -0.313. The first-order valence-electron chi connectivity index (χ1n) is 8.30. The summed E-state index contributed by atoms with van der Waals surface area (Å²) in [5, 5.41) is 0. The van der Waals surface area contributed by atoms with Gasteiger partial charge in [0.25, 0.3) is 0 Å². The Labute approximate surface area is 143 Å². The van der Waals surface area contributed by atoms with Crippen LogP contribution in [-0.2, 0) is 14.3 Å². The van der Waals surface area contributed by atoms with E-state index in [0.717, 1.165) is 12.0 Å². The highest BCUT2D eigenvalue weighted by molar-refractivity contribution is 5.92. The number of hydrogen-bond donors (Lipinski definition) is 0. The molecule has 24 heavy (non-hydrogen) atoms. The zero-order valence-corrected chi connectivity index (χ0v) is 14.6. The topological polar surface area (TPSA) is 46.6 Å². The second-order valence-corrected chi connectivity index (χ2v) is 5.95. The average molecular weight is 335 g/mol. The molecule has 0 N–H and O–H groups in total. The van der Waals surface area contributed by atoms with Gasteiger partial charge >= 0.3 is 5.97 Å². The summed E-state index contributed by atoms with van der Waals surface area (Å²) in [6, 6.07) is 5.91. The number of halogens is 1. The van der Waals surface area contributed by atoms with Crippen LogP contribution in [0.3, 0.4) is 0 Å². The van der Waals surface area contributed by atoms with Crippen molar-refractivity contribution in [3.63, 3.8) is 0 Å². The van der Waals surface area contributed by atoms with Crippen LogP contribution >= 0.6 is 0 Å². The quantitative estimate of drug-likeness (QED) is 0.511. The van der Waals surface area contributed by atoms with E-state index in [2.05, 4.69) is 13.8 Å². The molecule has 0 radical (unpaired) electrons. The van der Waals surface area contributed by atoms with Crippen molar-refractivity contribution < 1.29 is 18.7 Å². The van der Waals surface area contributed by atoms with E-state index in [1.54, 1.807) is 30.0 Å². The number of hydrogen-bond acceptors (Lipinski definition) is 3. The van der Waals surface area contributed by atoms with Crippen LogP contribution in [0.2, 0.25) is 0 Å². The van der Waals surface area contributed by atoms with E-state index in [0.29, 0.717) is 25.6 Å². The van der Waals surface area contributed by atoms with Crippen LogP contribution in [0.25, 0.3) is 6.08 Å². The SMILES string of the molecule is CCOC(=O)CCN(CCC(C)C)C(=O)/C=C/c1ccc(F)cc1. The van der Waals surface area contributed by atoms with E-state index in [4.69, 9.17) is 4.74 Å². The van der Waals surface area contributed by atoms with Gasteiger partial charge in [0.1, 0.15) is 5.82 Å². The van der Waals surface area contributed by atoms with Gasteiger partial charge in [0.2, 0.25) is 5.91 Å². The molecule has 0 aliphatic carbocycles. The molecular weight excluding hydrogens is 309 g/mol. The molecule has 0 bridgehead atoms.